The Morgan fingerprint density at radius 2 is 1.96 bits per heavy atom. The second-order valence-corrected chi connectivity index (χ2v) is 5.36. The third kappa shape index (κ3) is 4.25. The molecule has 0 unspecified atom stereocenters. The SMILES string of the molecule is CCOc1ccc(/C=C/C(=O)C2=C(O)CCCC2=O)c(OCC)c1. The van der Waals surface area contributed by atoms with Crippen molar-refractivity contribution in [3.05, 3.63) is 41.2 Å². The highest BCUT2D eigenvalue weighted by Gasteiger charge is 2.24. The van der Waals surface area contributed by atoms with Crippen molar-refractivity contribution >= 4 is 17.6 Å². The molecule has 1 aliphatic carbocycles. The summed E-state index contributed by atoms with van der Waals surface area (Å²) in [6.07, 6.45) is 4.14. The Bertz CT molecular complexity index is 685. The summed E-state index contributed by atoms with van der Waals surface area (Å²) in [5.74, 6) is 0.393. The highest BCUT2D eigenvalue weighted by molar-refractivity contribution is 6.25. The zero-order valence-corrected chi connectivity index (χ0v) is 14.0. The molecule has 0 atom stereocenters. The van der Waals surface area contributed by atoms with Crippen molar-refractivity contribution in [1.82, 2.24) is 0 Å². The van der Waals surface area contributed by atoms with Crippen LogP contribution in [0, 0.1) is 0 Å². The normalized spacial score (nSPS) is 15.0. The minimum atomic E-state index is -0.478. The summed E-state index contributed by atoms with van der Waals surface area (Å²) in [4.78, 5) is 24.1. The van der Waals surface area contributed by atoms with Gasteiger partial charge in [0.05, 0.1) is 13.2 Å². The van der Waals surface area contributed by atoms with Crippen LogP contribution in [0.25, 0.3) is 6.08 Å². The predicted molar refractivity (Wildman–Crippen MR) is 91.3 cm³/mol. The number of allylic oxidation sites excluding steroid dienone is 3. The fraction of sp³-hybridized carbons (Fsp3) is 0.368. The first kappa shape index (κ1) is 17.8. The molecule has 0 bridgehead atoms. The summed E-state index contributed by atoms with van der Waals surface area (Å²) in [7, 11) is 0. The topological polar surface area (TPSA) is 72.8 Å². The minimum Gasteiger partial charge on any atom is -0.511 e. The van der Waals surface area contributed by atoms with Crippen LogP contribution < -0.4 is 9.47 Å². The summed E-state index contributed by atoms with van der Waals surface area (Å²) in [6, 6.07) is 5.34. The van der Waals surface area contributed by atoms with E-state index in [0.29, 0.717) is 49.5 Å². The number of aliphatic hydroxyl groups excluding tert-OH is 1. The second-order valence-electron chi connectivity index (χ2n) is 5.36. The highest BCUT2D eigenvalue weighted by atomic mass is 16.5. The molecule has 1 aromatic carbocycles. The standard InChI is InChI=1S/C19H22O5/c1-3-23-14-10-8-13(18(12-14)24-4-2)9-11-17(22)19-15(20)6-5-7-16(19)21/h8-12,20H,3-7H2,1-2H3/b11-9+. The zero-order valence-electron chi connectivity index (χ0n) is 14.0. The lowest BCUT2D eigenvalue weighted by atomic mass is 9.93. The predicted octanol–water partition coefficient (Wildman–Crippen LogP) is 3.63. The third-order valence-corrected chi connectivity index (χ3v) is 3.64. The summed E-state index contributed by atoms with van der Waals surface area (Å²) in [5, 5.41) is 9.80. The molecule has 0 saturated carbocycles. The number of carbonyl (C=O) groups is 2. The van der Waals surface area contributed by atoms with E-state index < -0.39 is 5.78 Å². The smallest absolute Gasteiger partial charge is 0.192 e. The van der Waals surface area contributed by atoms with Crippen LogP contribution in [0.15, 0.2) is 35.6 Å². The molecule has 0 spiro atoms. The molecule has 1 aromatic rings. The molecule has 0 saturated heterocycles. The Morgan fingerprint density at radius 1 is 1.21 bits per heavy atom. The molecule has 1 aliphatic rings. The van der Waals surface area contributed by atoms with Crippen LogP contribution in [-0.4, -0.2) is 29.9 Å². The van der Waals surface area contributed by atoms with Gasteiger partial charge >= 0.3 is 0 Å². The molecule has 0 aromatic heterocycles. The average Bonchev–Trinajstić information content (AvgIpc) is 2.54. The van der Waals surface area contributed by atoms with Crippen molar-refractivity contribution in [2.75, 3.05) is 13.2 Å². The number of hydrogen-bond acceptors (Lipinski definition) is 5. The molecule has 0 aliphatic heterocycles. The molecule has 0 radical (unpaired) electrons. The van der Waals surface area contributed by atoms with Crippen LogP contribution >= 0.6 is 0 Å². The summed E-state index contributed by atoms with van der Waals surface area (Å²) in [5.41, 5.74) is 0.610. The molecule has 0 fully saturated rings. The van der Waals surface area contributed by atoms with Crippen LogP contribution in [0.1, 0.15) is 38.7 Å². The lowest BCUT2D eigenvalue weighted by molar-refractivity contribution is -0.120. The monoisotopic (exact) mass is 330 g/mol. The van der Waals surface area contributed by atoms with Crippen LogP contribution in [0.3, 0.4) is 0 Å². The molecule has 24 heavy (non-hydrogen) atoms. The van der Waals surface area contributed by atoms with Gasteiger partial charge in [0.2, 0.25) is 0 Å². The number of ketones is 2. The van der Waals surface area contributed by atoms with E-state index in [-0.39, 0.29) is 17.1 Å². The molecular weight excluding hydrogens is 308 g/mol. The van der Waals surface area contributed by atoms with Crippen molar-refractivity contribution in [2.24, 2.45) is 0 Å². The molecule has 5 heteroatoms. The second kappa shape index (κ2) is 8.34. The highest BCUT2D eigenvalue weighted by Crippen LogP contribution is 2.27. The van der Waals surface area contributed by atoms with Crippen molar-refractivity contribution in [3.63, 3.8) is 0 Å². The zero-order chi connectivity index (χ0) is 17.5. The number of hydrogen-bond donors (Lipinski definition) is 1. The fourth-order valence-electron chi connectivity index (χ4n) is 2.55. The third-order valence-electron chi connectivity index (χ3n) is 3.64. The Hall–Kier alpha value is -2.56. The summed E-state index contributed by atoms with van der Waals surface area (Å²) in [6.45, 7) is 4.80. The molecule has 5 nitrogen and oxygen atoms in total. The number of benzene rings is 1. The summed E-state index contributed by atoms with van der Waals surface area (Å²) >= 11 is 0. The molecule has 2 rings (SSSR count). The van der Waals surface area contributed by atoms with Gasteiger partial charge in [-0.25, -0.2) is 0 Å². The molecule has 0 heterocycles. The number of aliphatic hydroxyl groups is 1. The van der Waals surface area contributed by atoms with E-state index in [1.807, 2.05) is 13.8 Å². The molecule has 128 valence electrons. The molecule has 1 N–H and O–H groups in total. The van der Waals surface area contributed by atoms with Crippen LogP contribution in [-0.2, 0) is 9.59 Å². The van der Waals surface area contributed by atoms with Crippen molar-refractivity contribution in [2.45, 2.75) is 33.1 Å². The van der Waals surface area contributed by atoms with Gasteiger partial charge < -0.3 is 14.6 Å². The Balaban J connectivity index is 2.24. The maximum absolute atomic E-state index is 12.2. The Kier molecular flexibility index (Phi) is 6.18. The molecular formula is C19H22O5. The van der Waals surface area contributed by atoms with Gasteiger partial charge in [0.25, 0.3) is 0 Å². The van der Waals surface area contributed by atoms with Crippen LogP contribution in [0.2, 0.25) is 0 Å². The van der Waals surface area contributed by atoms with E-state index in [2.05, 4.69) is 0 Å². The van der Waals surface area contributed by atoms with Gasteiger partial charge in [-0.2, -0.15) is 0 Å². The van der Waals surface area contributed by atoms with E-state index in [0.717, 1.165) is 0 Å². The quantitative estimate of drug-likeness (QED) is 0.610. The first-order valence-corrected chi connectivity index (χ1v) is 8.14. The lowest BCUT2D eigenvalue weighted by Gasteiger charge is -2.13. The average molecular weight is 330 g/mol. The lowest BCUT2D eigenvalue weighted by Crippen LogP contribution is -2.17. The van der Waals surface area contributed by atoms with Gasteiger partial charge in [0.15, 0.2) is 11.6 Å². The van der Waals surface area contributed by atoms with Crippen molar-refractivity contribution < 1.29 is 24.2 Å². The van der Waals surface area contributed by atoms with E-state index in [1.165, 1.54) is 6.08 Å². The number of carbonyl (C=O) groups excluding carboxylic acids is 2. The van der Waals surface area contributed by atoms with Gasteiger partial charge in [-0.15, -0.1) is 0 Å². The number of ether oxygens (including phenoxy) is 2. The van der Waals surface area contributed by atoms with E-state index in [4.69, 9.17) is 9.47 Å². The Labute approximate surface area is 141 Å². The van der Waals surface area contributed by atoms with Gasteiger partial charge in [-0.3, -0.25) is 9.59 Å². The number of rotatable bonds is 7. The number of Topliss-reactive ketones (excluding diaryl/α,β-unsaturated/α-hetero) is 1. The Morgan fingerprint density at radius 3 is 2.62 bits per heavy atom. The largest absolute Gasteiger partial charge is 0.511 e. The van der Waals surface area contributed by atoms with Crippen molar-refractivity contribution in [3.8, 4) is 11.5 Å². The van der Waals surface area contributed by atoms with Gasteiger partial charge in [0.1, 0.15) is 22.8 Å². The minimum absolute atomic E-state index is 0.0959. The first-order valence-electron chi connectivity index (χ1n) is 8.14. The maximum Gasteiger partial charge on any atom is 0.192 e. The fourth-order valence-corrected chi connectivity index (χ4v) is 2.55. The van der Waals surface area contributed by atoms with E-state index in [9.17, 15) is 14.7 Å². The van der Waals surface area contributed by atoms with Gasteiger partial charge in [-0.05, 0) is 44.6 Å². The van der Waals surface area contributed by atoms with Crippen LogP contribution in [0.5, 0.6) is 11.5 Å². The maximum atomic E-state index is 12.2. The van der Waals surface area contributed by atoms with Crippen LogP contribution in [0.4, 0.5) is 0 Å². The van der Waals surface area contributed by atoms with E-state index in [1.54, 1.807) is 24.3 Å². The van der Waals surface area contributed by atoms with E-state index >= 15 is 0 Å². The van der Waals surface area contributed by atoms with Gasteiger partial charge in [-0.1, -0.05) is 0 Å². The first-order chi connectivity index (χ1) is 11.6. The molecule has 0 amide bonds. The summed E-state index contributed by atoms with van der Waals surface area (Å²) < 4.78 is 11.0. The van der Waals surface area contributed by atoms with Gasteiger partial charge in [0, 0.05) is 24.5 Å². The van der Waals surface area contributed by atoms with Crippen molar-refractivity contribution in [1.29, 1.82) is 0 Å².